The van der Waals surface area contributed by atoms with Crippen LogP contribution in [0.5, 0.6) is 0 Å². The molecule has 1 saturated carbocycles. The fourth-order valence-electron chi connectivity index (χ4n) is 3.10. The first-order valence-electron chi connectivity index (χ1n) is 6.84. The van der Waals surface area contributed by atoms with Gasteiger partial charge in [0.25, 0.3) is 0 Å². The molecule has 7 heteroatoms. The second-order valence-corrected chi connectivity index (χ2v) is 5.80. The van der Waals surface area contributed by atoms with Crippen molar-refractivity contribution in [2.75, 3.05) is 13.1 Å². The Bertz CT molecular complexity index is 389. The lowest BCUT2D eigenvalue weighted by atomic mass is 9.81. The van der Waals surface area contributed by atoms with Crippen LogP contribution in [0.2, 0.25) is 0 Å². The zero-order valence-corrected chi connectivity index (χ0v) is 11.0. The largest absolute Gasteiger partial charge is 0.481 e. The van der Waals surface area contributed by atoms with Crippen LogP contribution in [-0.2, 0) is 9.59 Å². The number of likely N-dealkylation sites (tertiary alicyclic amines) is 1. The van der Waals surface area contributed by atoms with Crippen LogP contribution < -0.4 is 0 Å². The first kappa shape index (κ1) is 15.1. The van der Waals surface area contributed by atoms with Gasteiger partial charge in [0.2, 0.25) is 5.91 Å². The van der Waals surface area contributed by atoms with Gasteiger partial charge >= 0.3 is 12.1 Å². The predicted molar refractivity (Wildman–Crippen MR) is 63.8 cm³/mol. The van der Waals surface area contributed by atoms with Crippen molar-refractivity contribution in [3.05, 3.63) is 0 Å². The molecule has 0 aromatic heterocycles. The van der Waals surface area contributed by atoms with Gasteiger partial charge in [0.1, 0.15) is 0 Å². The molecule has 4 nitrogen and oxygen atoms in total. The zero-order valence-electron chi connectivity index (χ0n) is 11.0. The number of halogens is 3. The van der Waals surface area contributed by atoms with Crippen molar-refractivity contribution in [3.8, 4) is 0 Å². The average molecular weight is 293 g/mol. The third-order valence-electron chi connectivity index (χ3n) is 4.35. The van der Waals surface area contributed by atoms with Crippen molar-refractivity contribution in [1.29, 1.82) is 0 Å². The summed E-state index contributed by atoms with van der Waals surface area (Å²) in [7, 11) is 0. The lowest BCUT2D eigenvalue weighted by molar-refractivity contribution is -0.184. The predicted octanol–water partition coefficient (Wildman–Crippen LogP) is 2.29. The minimum Gasteiger partial charge on any atom is -0.481 e. The number of amides is 1. The lowest BCUT2D eigenvalue weighted by Crippen LogP contribution is -2.35. The molecule has 0 spiro atoms. The van der Waals surface area contributed by atoms with Crippen molar-refractivity contribution in [2.24, 2.45) is 17.8 Å². The summed E-state index contributed by atoms with van der Waals surface area (Å²) < 4.78 is 37.6. The standard InChI is InChI=1S/C13H18F3NO3/c14-13(15,16)10-3-1-8(2-4-10)6-17-7-9(12(19)20)5-11(17)18/h8-10H,1-7H2,(H,19,20). The van der Waals surface area contributed by atoms with Gasteiger partial charge in [-0.25, -0.2) is 0 Å². The molecular weight excluding hydrogens is 275 g/mol. The maximum atomic E-state index is 12.5. The molecule has 1 atom stereocenters. The molecule has 1 unspecified atom stereocenters. The topological polar surface area (TPSA) is 57.6 Å². The van der Waals surface area contributed by atoms with Crippen LogP contribution in [0.25, 0.3) is 0 Å². The van der Waals surface area contributed by atoms with E-state index in [-0.39, 0.29) is 37.6 Å². The van der Waals surface area contributed by atoms with Gasteiger partial charge in [0.15, 0.2) is 0 Å². The van der Waals surface area contributed by atoms with E-state index in [0.717, 1.165) is 0 Å². The van der Waals surface area contributed by atoms with Gasteiger partial charge in [-0.15, -0.1) is 0 Å². The molecule has 1 heterocycles. The first-order valence-corrected chi connectivity index (χ1v) is 6.84. The molecule has 20 heavy (non-hydrogen) atoms. The zero-order chi connectivity index (χ0) is 14.9. The first-order chi connectivity index (χ1) is 9.27. The molecule has 2 aliphatic rings. The third-order valence-corrected chi connectivity index (χ3v) is 4.35. The van der Waals surface area contributed by atoms with Crippen LogP contribution in [-0.4, -0.2) is 41.1 Å². The fraction of sp³-hybridized carbons (Fsp3) is 0.846. The maximum Gasteiger partial charge on any atom is 0.391 e. The number of hydrogen-bond donors (Lipinski definition) is 1. The Balaban J connectivity index is 1.81. The summed E-state index contributed by atoms with van der Waals surface area (Å²) in [5, 5.41) is 8.88. The Morgan fingerprint density at radius 2 is 1.85 bits per heavy atom. The smallest absolute Gasteiger partial charge is 0.391 e. The minimum absolute atomic E-state index is 0.00717. The number of rotatable bonds is 3. The quantitative estimate of drug-likeness (QED) is 0.868. The molecule has 1 N–H and O–H groups in total. The number of carboxylic acids is 1. The molecule has 1 amide bonds. The van der Waals surface area contributed by atoms with Crippen LogP contribution >= 0.6 is 0 Å². The van der Waals surface area contributed by atoms with E-state index in [2.05, 4.69) is 0 Å². The number of aliphatic carboxylic acids is 1. The highest BCUT2D eigenvalue weighted by Gasteiger charge is 2.42. The van der Waals surface area contributed by atoms with Crippen LogP contribution in [0.3, 0.4) is 0 Å². The van der Waals surface area contributed by atoms with Gasteiger partial charge in [-0.2, -0.15) is 13.2 Å². The fourth-order valence-corrected chi connectivity index (χ4v) is 3.10. The molecule has 0 radical (unpaired) electrons. The summed E-state index contributed by atoms with van der Waals surface area (Å²) in [5.41, 5.74) is 0. The van der Waals surface area contributed by atoms with E-state index >= 15 is 0 Å². The number of hydrogen-bond acceptors (Lipinski definition) is 2. The van der Waals surface area contributed by atoms with Crippen molar-refractivity contribution >= 4 is 11.9 Å². The average Bonchev–Trinajstić information content (AvgIpc) is 2.71. The molecule has 1 saturated heterocycles. The van der Waals surface area contributed by atoms with E-state index in [9.17, 15) is 22.8 Å². The van der Waals surface area contributed by atoms with Gasteiger partial charge in [-0.05, 0) is 31.6 Å². The van der Waals surface area contributed by atoms with Gasteiger partial charge in [-0.3, -0.25) is 9.59 Å². The van der Waals surface area contributed by atoms with E-state index in [4.69, 9.17) is 5.11 Å². The van der Waals surface area contributed by atoms with E-state index in [0.29, 0.717) is 19.4 Å². The van der Waals surface area contributed by atoms with E-state index in [1.165, 1.54) is 4.90 Å². The Kier molecular flexibility index (Phi) is 4.25. The summed E-state index contributed by atoms with van der Waals surface area (Å²) in [6.45, 7) is 0.584. The van der Waals surface area contributed by atoms with Crippen LogP contribution in [0, 0.1) is 17.8 Å². The number of carbonyl (C=O) groups is 2. The maximum absolute atomic E-state index is 12.5. The Morgan fingerprint density at radius 1 is 1.25 bits per heavy atom. The van der Waals surface area contributed by atoms with Crippen molar-refractivity contribution in [3.63, 3.8) is 0 Å². The van der Waals surface area contributed by atoms with E-state index in [1.54, 1.807) is 0 Å². The molecule has 0 bridgehead atoms. The second kappa shape index (κ2) is 5.61. The molecule has 2 fully saturated rings. The van der Waals surface area contributed by atoms with Crippen LogP contribution in [0.4, 0.5) is 13.2 Å². The summed E-state index contributed by atoms with van der Waals surface area (Å²) in [4.78, 5) is 24.0. The highest BCUT2D eigenvalue weighted by molar-refractivity contribution is 5.86. The number of carbonyl (C=O) groups excluding carboxylic acids is 1. The van der Waals surface area contributed by atoms with Gasteiger partial charge in [0, 0.05) is 19.5 Å². The Morgan fingerprint density at radius 3 is 2.30 bits per heavy atom. The molecule has 1 aliphatic heterocycles. The minimum atomic E-state index is -4.12. The third kappa shape index (κ3) is 3.43. The van der Waals surface area contributed by atoms with Crippen molar-refractivity contribution in [1.82, 2.24) is 4.90 Å². The number of alkyl halides is 3. The Hall–Kier alpha value is -1.27. The SMILES string of the molecule is O=C(O)C1CC(=O)N(CC2CCC(C(F)(F)F)CC2)C1. The van der Waals surface area contributed by atoms with E-state index in [1.807, 2.05) is 0 Å². The summed E-state index contributed by atoms with van der Waals surface area (Å²) >= 11 is 0. The molecule has 2 rings (SSSR count). The van der Waals surface area contributed by atoms with Crippen molar-refractivity contribution < 1.29 is 27.9 Å². The van der Waals surface area contributed by atoms with Crippen LogP contribution in [0.1, 0.15) is 32.1 Å². The van der Waals surface area contributed by atoms with Gasteiger partial charge < -0.3 is 10.0 Å². The normalized spacial score (nSPS) is 31.6. The summed E-state index contributed by atoms with van der Waals surface area (Å²) in [6, 6.07) is 0. The van der Waals surface area contributed by atoms with Gasteiger partial charge in [-0.1, -0.05) is 0 Å². The summed E-state index contributed by atoms with van der Waals surface area (Å²) in [5.74, 6) is -3.02. The highest BCUT2D eigenvalue weighted by atomic mass is 19.4. The van der Waals surface area contributed by atoms with Crippen LogP contribution in [0.15, 0.2) is 0 Å². The molecular formula is C13H18F3NO3. The molecule has 0 aromatic rings. The molecule has 0 aromatic carbocycles. The highest BCUT2D eigenvalue weighted by Crippen LogP contribution is 2.40. The number of nitrogens with zero attached hydrogens (tertiary/aromatic N) is 1. The van der Waals surface area contributed by atoms with E-state index < -0.39 is 24.0 Å². The molecule has 114 valence electrons. The van der Waals surface area contributed by atoms with Crippen molar-refractivity contribution in [2.45, 2.75) is 38.3 Å². The second-order valence-electron chi connectivity index (χ2n) is 5.80. The van der Waals surface area contributed by atoms with Gasteiger partial charge in [0.05, 0.1) is 11.8 Å². The summed E-state index contributed by atoms with van der Waals surface area (Å²) in [6.07, 6.45) is -3.00. The Labute approximate surface area is 114 Å². The molecule has 1 aliphatic carbocycles. The monoisotopic (exact) mass is 293 g/mol. The number of carboxylic acid groups (broad SMARTS) is 1. The lowest BCUT2D eigenvalue weighted by Gasteiger charge is -2.32.